The first-order chi connectivity index (χ1) is 35.2. The first-order valence-electron chi connectivity index (χ1n) is 24.7. The molecular weight excluding hydrogens is 907 g/mol. The maximum Gasteiger partial charge on any atom is 0.338 e. The Hall–Kier alpha value is -8.15. The van der Waals surface area contributed by atoms with Crippen LogP contribution >= 0.6 is 0 Å². The molecule has 6 aromatic rings. The third-order valence-electron chi connectivity index (χ3n) is 11.4. The molecule has 5 aromatic carbocycles. The average molecular weight is 968 g/mol. The zero-order valence-electron chi connectivity index (χ0n) is 41.0. The van der Waals surface area contributed by atoms with Gasteiger partial charge in [0.2, 0.25) is 5.88 Å². The molecule has 1 aromatic heterocycles. The summed E-state index contributed by atoms with van der Waals surface area (Å²) in [5, 5.41) is 2.62. The number of carbonyl (C=O) groups excluding carboxylic acids is 4. The summed E-state index contributed by atoms with van der Waals surface area (Å²) < 4.78 is 33.4. The van der Waals surface area contributed by atoms with Gasteiger partial charge in [-0.2, -0.15) is 0 Å². The minimum Gasteiger partial charge on any atom is -0.494 e. The van der Waals surface area contributed by atoms with Gasteiger partial charge < -0.3 is 28.4 Å². The fourth-order valence-corrected chi connectivity index (χ4v) is 7.39. The van der Waals surface area contributed by atoms with Gasteiger partial charge in [-0.1, -0.05) is 75.2 Å². The molecule has 0 aliphatic rings. The van der Waals surface area contributed by atoms with Crippen LogP contribution in [-0.2, 0) is 28.5 Å². The molecule has 0 aliphatic heterocycles. The van der Waals surface area contributed by atoms with Crippen LogP contribution in [0.5, 0.6) is 17.4 Å². The lowest BCUT2D eigenvalue weighted by Gasteiger charge is -2.12. The lowest BCUT2D eigenvalue weighted by Crippen LogP contribution is -2.06. The van der Waals surface area contributed by atoms with Crippen LogP contribution in [0, 0.1) is 23.7 Å². The molecule has 0 bridgehead atoms. The maximum atomic E-state index is 12.7. The monoisotopic (exact) mass is 967 g/mol. The topological polar surface area (TPSA) is 137 Å². The lowest BCUT2D eigenvalue weighted by atomic mass is 10.0. The van der Waals surface area contributed by atoms with E-state index in [0.29, 0.717) is 67.7 Å². The van der Waals surface area contributed by atoms with Crippen LogP contribution in [0.4, 0.5) is 0 Å². The molecule has 1 heterocycles. The first kappa shape index (κ1) is 53.2. The van der Waals surface area contributed by atoms with Crippen LogP contribution in [0.1, 0.15) is 127 Å². The van der Waals surface area contributed by atoms with E-state index in [9.17, 15) is 19.2 Å². The van der Waals surface area contributed by atoms with E-state index in [0.717, 1.165) is 114 Å². The van der Waals surface area contributed by atoms with Gasteiger partial charge in [0.05, 0.1) is 49.7 Å². The van der Waals surface area contributed by atoms with E-state index in [1.807, 2.05) is 60.7 Å². The van der Waals surface area contributed by atoms with Crippen molar-refractivity contribution >= 4 is 45.6 Å². The van der Waals surface area contributed by atoms with Crippen LogP contribution in [0.3, 0.4) is 0 Å². The van der Waals surface area contributed by atoms with Gasteiger partial charge in [0.15, 0.2) is 0 Å². The number of aromatic nitrogens is 1. The van der Waals surface area contributed by atoms with Gasteiger partial charge in [-0.25, -0.2) is 24.2 Å². The summed E-state index contributed by atoms with van der Waals surface area (Å²) in [4.78, 5) is 52.7. The fraction of sp³-hybridized carbons (Fsp3) is 0.295. The smallest absolute Gasteiger partial charge is 0.338 e. The third kappa shape index (κ3) is 17.4. The molecule has 11 nitrogen and oxygen atoms in total. The van der Waals surface area contributed by atoms with Crippen molar-refractivity contribution in [3.63, 3.8) is 0 Å². The number of carbonyl (C=O) groups is 4. The molecule has 0 aliphatic carbocycles. The van der Waals surface area contributed by atoms with E-state index in [4.69, 9.17) is 33.4 Å². The van der Waals surface area contributed by atoms with Crippen LogP contribution in [0.15, 0.2) is 135 Å². The first-order valence-corrected chi connectivity index (χ1v) is 24.7. The van der Waals surface area contributed by atoms with E-state index < -0.39 is 23.9 Å². The van der Waals surface area contributed by atoms with Crippen molar-refractivity contribution in [2.45, 2.75) is 84.0 Å². The van der Waals surface area contributed by atoms with Gasteiger partial charge in [0.1, 0.15) is 11.5 Å². The highest BCUT2D eigenvalue weighted by atomic mass is 16.5. The minimum atomic E-state index is -0.425. The van der Waals surface area contributed by atoms with Gasteiger partial charge in [-0.05, 0) is 160 Å². The summed E-state index contributed by atoms with van der Waals surface area (Å²) >= 11 is 0. The Kier molecular flexibility index (Phi) is 21.5. The second-order valence-electron chi connectivity index (χ2n) is 16.9. The average Bonchev–Trinajstić information content (AvgIpc) is 3.41. The molecular formula is C61H61NO10. The SMILES string of the molecule is C=CC(=O)OCCCCCCOC(=O)c1ccc(C#Cc2ccc3c(c2)nc(Oc2ccc(OCCCCCC)cc2)c2cc(C#Cc4ccc(C(=O)OCCCCCCOC(=O)C=C)cc4)ccc23)cc1. The lowest BCUT2D eigenvalue weighted by molar-refractivity contribution is -0.138. The van der Waals surface area contributed by atoms with Gasteiger partial charge in [0, 0.05) is 45.2 Å². The highest BCUT2D eigenvalue weighted by Gasteiger charge is 2.14. The molecule has 0 atom stereocenters. The number of benzene rings is 5. The molecule has 0 spiro atoms. The number of pyridine rings is 1. The second-order valence-corrected chi connectivity index (χ2v) is 16.9. The zero-order chi connectivity index (χ0) is 50.8. The summed E-state index contributed by atoms with van der Waals surface area (Å²) in [5.41, 5.74) is 4.57. The van der Waals surface area contributed by atoms with Crippen molar-refractivity contribution in [2.24, 2.45) is 0 Å². The molecule has 0 saturated carbocycles. The Bertz CT molecular complexity index is 2920. The highest BCUT2D eigenvalue weighted by molar-refractivity contribution is 6.08. The minimum absolute atomic E-state index is 0.306. The number of unbranched alkanes of at least 4 members (excludes halogenated alkanes) is 9. The van der Waals surface area contributed by atoms with E-state index in [2.05, 4.69) is 43.8 Å². The van der Waals surface area contributed by atoms with Crippen molar-refractivity contribution in [2.75, 3.05) is 33.0 Å². The van der Waals surface area contributed by atoms with Crippen molar-refractivity contribution in [3.05, 3.63) is 168 Å². The fourth-order valence-electron chi connectivity index (χ4n) is 7.39. The number of ether oxygens (including phenoxy) is 6. The molecule has 72 heavy (non-hydrogen) atoms. The van der Waals surface area contributed by atoms with Crippen LogP contribution < -0.4 is 9.47 Å². The molecule has 0 saturated heterocycles. The molecule has 6 rings (SSSR count). The summed E-state index contributed by atoms with van der Waals surface area (Å²) in [5.74, 6) is 13.1. The molecule has 0 unspecified atom stereocenters. The Morgan fingerprint density at radius 3 is 1.40 bits per heavy atom. The Labute approximate surface area is 422 Å². The standard InChI is InChI=1S/C61H61NO10/c1-4-7-8-13-38-67-51-32-34-52(35-33-51)72-59-55-43-47(20-18-45-22-28-49(29-23-45)60(65)70-41-16-11-9-14-39-68-57(63)5-2)26-36-53(55)54-37-27-48(44-56(54)62-59)21-19-46-24-30-50(31-25-46)61(66)71-42-17-12-10-15-40-69-58(64)6-3/h5-6,22-37,43-44H,2-4,7-17,38-42H2,1H3. The largest absolute Gasteiger partial charge is 0.494 e. The number of rotatable bonds is 26. The normalized spacial score (nSPS) is 10.5. The van der Waals surface area contributed by atoms with Gasteiger partial charge >= 0.3 is 23.9 Å². The molecule has 0 N–H and O–H groups in total. The van der Waals surface area contributed by atoms with Gasteiger partial charge in [-0.3, -0.25) is 0 Å². The molecule has 0 fully saturated rings. The highest BCUT2D eigenvalue weighted by Crippen LogP contribution is 2.35. The number of esters is 4. The van der Waals surface area contributed by atoms with Crippen molar-refractivity contribution < 1.29 is 47.6 Å². The third-order valence-corrected chi connectivity index (χ3v) is 11.4. The van der Waals surface area contributed by atoms with E-state index in [1.165, 1.54) is 12.8 Å². The summed E-state index contributed by atoms with van der Waals surface area (Å²) in [6, 6.07) is 33.4. The predicted molar refractivity (Wildman–Crippen MR) is 280 cm³/mol. The zero-order valence-corrected chi connectivity index (χ0v) is 41.0. The van der Waals surface area contributed by atoms with E-state index in [1.54, 1.807) is 48.5 Å². The number of hydrogen-bond donors (Lipinski definition) is 0. The van der Waals surface area contributed by atoms with Gasteiger partial charge in [0.25, 0.3) is 0 Å². The predicted octanol–water partition coefficient (Wildman–Crippen LogP) is 12.8. The quantitative estimate of drug-likeness (QED) is 0.0128. The second kappa shape index (κ2) is 29.1. The number of nitrogens with zero attached hydrogens (tertiary/aromatic N) is 1. The molecule has 370 valence electrons. The van der Waals surface area contributed by atoms with Crippen LogP contribution in [0.2, 0.25) is 0 Å². The van der Waals surface area contributed by atoms with Crippen molar-refractivity contribution in [3.8, 4) is 41.1 Å². The van der Waals surface area contributed by atoms with Crippen LogP contribution in [-0.4, -0.2) is 61.9 Å². The Morgan fingerprint density at radius 2 is 0.889 bits per heavy atom. The summed E-state index contributed by atoms with van der Waals surface area (Å²) in [7, 11) is 0. The Morgan fingerprint density at radius 1 is 0.458 bits per heavy atom. The number of hydrogen-bond acceptors (Lipinski definition) is 11. The Balaban J connectivity index is 1.12. The summed E-state index contributed by atoms with van der Waals surface area (Å²) in [6.45, 7) is 10.9. The molecule has 11 heteroatoms. The van der Waals surface area contributed by atoms with Crippen molar-refractivity contribution in [1.29, 1.82) is 0 Å². The van der Waals surface area contributed by atoms with E-state index >= 15 is 0 Å². The maximum absolute atomic E-state index is 12.7. The van der Waals surface area contributed by atoms with Crippen LogP contribution in [0.25, 0.3) is 21.7 Å². The molecule has 0 radical (unpaired) electrons. The molecule has 0 amide bonds. The van der Waals surface area contributed by atoms with Crippen molar-refractivity contribution in [1.82, 2.24) is 4.98 Å². The van der Waals surface area contributed by atoms with Gasteiger partial charge in [-0.15, -0.1) is 0 Å². The van der Waals surface area contributed by atoms with E-state index in [-0.39, 0.29) is 0 Å². The number of fused-ring (bicyclic) bond motifs is 3. The summed E-state index contributed by atoms with van der Waals surface area (Å²) in [6.07, 6.45) is 13.2.